The summed E-state index contributed by atoms with van der Waals surface area (Å²) >= 11 is 0. The maximum Gasteiger partial charge on any atom is 0.261 e. The lowest BCUT2D eigenvalue weighted by Crippen LogP contribution is -2.32. The number of hydrogen-bond acceptors (Lipinski definition) is 2. The van der Waals surface area contributed by atoms with Gasteiger partial charge in [0.2, 0.25) is 0 Å². The van der Waals surface area contributed by atoms with Crippen molar-refractivity contribution in [2.75, 3.05) is 6.26 Å². The average Bonchev–Trinajstić information content (AvgIpc) is 2.42. The molecule has 1 rings (SSSR count). The highest BCUT2D eigenvalue weighted by Crippen LogP contribution is 2.08. The highest BCUT2D eigenvalue weighted by Gasteiger charge is 1.98. The number of pyridine rings is 1. The summed E-state index contributed by atoms with van der Waals surface area (Å²) in [6.07, 6.45) is 16.3. The van der Waals surface area contributed by atoms with Crippen LogP contribution in [0.5, 0.6) is 0 Å². The highest BCUT2D eigenvalue weighted by atomic mass is 32.2. The second-order valence-electron chi connectivity index (χ2n) is 5.82. The number of aryl methyl sites for hydroxylation is 2. The molecule has 0 aliphatic carbocycles. The lowest BCUT2D eigenvalue weighted by Gasteiger charge is -2.00. The van der Waals surface area contributed by atoms with Gasteiger partial charge >= 0.3 is 0 Å². The van der Waals surface area contributed by atoms with Gasteiger partial charge in [-0.25, -0.2) is 4.57 Å². The van der Waals surface area contributed by atoms with E-state index in [4.69, 9.17) is 4.55 Å². The summed E-state index contributed by atoms with van der Waals surface area (Å²) in [6, 6.07) is 4.37. The fourth-order valence-electron chi connectivity index (χ4n) is 2.11. The first-order valence-corrected chi connectivity index (χ1v) is 10.1. The summed E-state index contributed by atoms with van der Waals surface area (Å²) in [5.74, 6) is 0. The van der Waals surface area contributed by atoms with Crippen molar-refractivity contribution in [1.82, 2.24) is 0 Å². The topological polar surface area (TPSA) is 58.2 Å². The van der Waals surface area contributed by atoms with Crippen molar-refractivity contribution in [3.05, 3.63) is 30.1 Å². The van der Waals surface area contributed by atoms with Crippen LogP contribution >= 0.6 is 0 Å². The Hall–Kier alpha value is -0.940. The van der Waals surface area contributed by atoms with Crippen LogP contribution in [0.2, 0.25) is 0 Å². The van der Waals surface area contributed by atoms with E-state index in [1.807, 2.05) is 0 Å². The van der Waals surface area contributed by atoms with Gasteiger partial charge in [0.05, 0.1) is 6.26 Å². The summed E-state index contributed by atoms with van der Waals surface area (Å²) in [5.41, 5.74) is 1.34. The Morgan fingerprint density at radius 1 is 0.955 bits per heavy atom. The normalized spacial score (nSPS) is 10.9. The molecule has 1 aromatic heterocycles. The zero-order valence-electron chi connectivity index (χ0n) is 14.3. The molecule has 0 aliphatic heterocycles. The van der Waals surface area contributed by atoms with E-state index in [9.17, 15) is 8.42 Å². The van der Waals surface area contributed by atoms with E-state index in [1.165, 1.54) is 63.5 Å². The minimum Gasteiger partial charge on any atom is -0.286 e. The summed E-state index contributed by atoms with van der Waals surface area (Å²) in [7, 11) is -3.67. The standard InChI is InChI=1S/C16H28N.CH4O3S/c1-3-4-5-6-7-8-9-10-13-17-14-11-16(2)12-15-17;1-5(2,3)4/h11-12,14-15H,3-10,13H2,1-2H3;1H3,(H,2,3,4)/q+1;. The summed E-state index contributed by atoms with van der Waals surface area (Å²) < 4.78 is 28.2. The van der Waals surface area contributed by atoms with Crippen LogP contribution < -0.4 is 4.57 Å². The van der Waals surface area contributed by atoms with Gasteiger partial charge in [-0.3, -0.25) is 4.55 Å². The smallest absolute Gasteiger partial charge is 0.261 e. The van der Waals surface area contributed by atoms with Crippen molar-refractivity contribution in [2.24, 2.45) is 0 Å². The maximum absolute atomic E-state index is 9.19. The molecule has 1 heterocycles. The van der Waals surface area contributed by atoms with Gasteiger partial charge in [0.25, 0.3) is 10.1 Å². The number of unbranched alkanes of at least 4 members (excludes halogenated alkanes) is 7. The SMILES string of the molecule is CCCCCCCCCC[n+]1ccc(C)cc1.CS(=O)(=O)O. The molecule has 4 nitrogen and oxygen atoms in total. The van der Waals surface area contributed by atoms with Crippen LogP contribution in [0, 0.1) is 6.92 Å². The molecule has 0 radical (unpaired) electrons. The third-order valence-electron chi connectivity index (χ3n) is 3.33. The van der Waals surface area contributed by atoms with E-state index < -0.39 is 10.1 Å². The molecule has 0 unspecified atom stereocenters. The first kappa shape index (κ1) is 21.1. The van der Waals surface area contributed by atoms with Gasteiger partial charge in [0, 0.05) is 18.6 Å². The summed E-state index contributed by atoms with van der Waals surface area (Å²) in [6.45, 7) is 5.59. The molecule has 1 aromatic rings. The quantitative estimate of drug-likeness (QED) is 0.424. The van der Waals surface area contributed by atoms with Crippen molar-refractivity contribution in [3.8, 4) is 0 Å². The van der Waals surface area contributed by atoms with Crippen LogP contribution in [0.25, 0.3) is 0 Å². The van der Waals surface area contributed by atoms with E-state index in [2.05, 4.69) is 42.9 Å². The molecule has 0 saturated carbocycles. The molecule has 0 aromatic carbocycles. The minimum absolute atomic E-state index is 0.715. The zero-order valence-corrected chi connectivity index (χ0v) is 15.1. The summed E-state index contributed by atoms with van der Waals surface area (Å²) in [4.78, 5) is 0. The molecule has 0 fully saturated rings. The van der Waals surface area contributed by atoms with Crippen molar-refractivity contribution in [2.45, 2.75) is 71.8 Å². The van der Waals surface area contributed by atoms with E-state index >= 15 is 0 Å². The third kappa shape index (κ3) is 17.1. The fraction of sp³-hybridized carbons (Fsp3) is 0.706. The Kier molecular flexibility index (Phi) is 12.1. The predicted molar refractivity (Wildman–Crippen MR) is 91.5 cm³/mol. The van der Waals surface area contributed by atoms with Crippen LogP contribution in [0.4, 0.5) is 0 Å². The second-order valence-corrected chi connectivity index (χ2v) is 7.29. The van der Waals surface area contributed by atoms with Gasteiger partial charge < -0.3 is 0 Å². The second kappa shape index (κ2) is 12.6. The molecular formula is C17H32NO3S+. The lowest BCUT2D eigenvalue weighted by atomic mass is 10.1. The Morgan fingerprint density at radius 3 is 1.82 bits per heavy atom. The molecule has 0 aliphatic rings. The van der Waals surface area contributed by atoms with E-state index in [0.717, 1.165) is 0 Å². The minimum atomic E-state index is -3.67. The lowest BCUT2D eigenvalue weighted by molar-refractivity contribution is -0.697. The predicted octanol–water partition coefficient (Wildman–Crippen LogP) is 3.93. The Balaban J connectivity index is 0.000000763. The first-order valence-electron chi connectivity index (χ1n) is 8.21. The van der Waals surface area contributed by atoms with Crippen molar-refractivity contribution in [1.29, 1.82) is 0 Å². The van der Waals surface area contributed by atoms with E-state index in [1.54, 1.807) is 0 Å². The van der Waals surface area contributed by atoms with Gasteiger partial charge in [-0.15, -0.1) is 0 Å². The van der Waals surface area contributed by atoms with Crippen molar-refractivity contribution < 1.29 is 17.5 Å². The molecule has 0 atom stereocenters. The molecule has 1 N–H and O–H groups in total. The molecule has 0 saturated heterocycles. The number of rotatable bonds is 9. The molecule has 0 bridgehead atoms. The fourth-order valence-corrected chi connectivity index (χ4v) is 2.11. The van der Waals surface area contributed by atoms with Crippen LogP contribution in [0.3, 0.4) is 0 Å². The van der Waals surface area contributed by atoms with E-state index in [-0.39, 0.29) is 0 Å². The Morgan fingerprint density at radius 2 is 1.36 bits per heavy atom. The van der Waals surface area contributed by atoms with Gasteiger partial charge in [-0.1, -0.05) is 45.4 Å². The van der Waals surface area contributed by atoms with Crippen LogP contribution in [-0.4, -0.2) is 19.2 Å². The Labute approximate surface area is 136 Å². The van der Waals surface area contributed by atoms with Gasteiger partial charge in [-0.2, -0.15) is 8.42 Å². The van der Waals surface area contributed by atoms with Gasteiger partial charge in [0.1, 0.15) is 6.54 Å². The summed E-state index contributed by atoms with van der Waals surface area (Å²) in [5, 5.41) is 0. The number of hydrogen-bond donors (Lipinski definition) is 1. The van der Waals surface area contributed by atoms with Gasteiger partial charge in [-0.05, 0) is 18.9 Å². The van der Waals surface area contributed by atoms with Crippen LogP contribution in [-0.2, 0) is 16.7 Å². The van der Waals surface area contributed by atoms with Crippen LogP contribution in [0.15, 0.2) is 24.5 Å². The first-order chi connectivity index (χ1) is 10.3. The molecule has 0 amide bonds. The van der Waals surface area contributed by atoms with Crippen molar-refractivity contribution >= 4 is 10.1 Å². The van der Waals surface area contributed by atoms with Gasteiger partial charge in [0.15, 0.2) is 12.4 Å². The van der Waals surface area contributed by atoms with E-state index in [0.29, 0.717) is 6.26 Å². The molecule has 0 spiro atoms. The monoisotopic (exact) mass is 330 g/mol. The number of nitrogens with zero attached hydrogens (tertiary/aromatic N) is 1. The average molecular weight is 331 g/mol. The molecule has 22 heavy (non-hydrogen) atoms. The number of aromatic nitrogens is 1. The maximum atomic E-state index is 9.19. The third-order valence-corrected chi connectivity index (χ3v) is 3.33. The van der Waals surface area contributed by atoms with Crippen molar-refractivity contribution in [3.63, 3.8) is 0 Å². The zero-order chi connectivity index (χ0) is 16.8. The molecular weight excluding hydrogens is 298 g/mol. The molecule has 5 heteroatoms. The largest absolute Gasteiger partial charge is 0.286 e. The molecule has 128 valence electrons. The van der Waals surface area contributed by atoms with Crippen LogP contribution in [0.1, 0.15) is 63.9 Å². The highest BCUT2D eigenvalue weighted by molar-refractivity contribution is 7.85. The Bertz CT molecular complexity index is 461.